The first-order chi connectivity index (χ1) is 25.9. The van der Waals surface area contributed by atoms with Crippen LogP contribution in [0.4, 0.5) is 0 Å². The van der Waals surface area contributed by atoms with Crippen LogP contribution in [0.15, 0.2) is 126 Å². The van der Waals surface area contributed by atoms with E-state index in [4.69, 9.17) is 9.40 Å². The van der Waals surface area contributed by atoms with Crippen molar-refractivity contribution >= 4 is 68.3 Å². The Morgan fingerprint density at radius 1 is 0.574 bits per heavy atom. The molecule has 0 atom stereocenters. The van der Waals surface area contributed by atoms with Crippen LogP contribution in [-0.2, 0) is 0 Å². The zero-order valence-corrected chi connectivity index (χ0v) is 37.1. The van der Waals surface area contributed by atoms with E-state index >= 15 is 0 Å². The number of fused-ring (bicyclic) bond motifs is 5. The van der Waals surface area contributed by atoms with E-state index in [0.717, 1.165) is 49.9 Å². The van der Waals surface area contributed by atoms with E-state index in [1.807, 2.05) is 0 Å². The van der Waals surface area contributed by atoms with Crippen LogP contribution in [0.3, 0.4) is 0 Å². The number of para-hydroxylation sites is 3. The minimum atomic E-state index is -2.09. The number of rotatable bonds is 6. The van der Waals surface area contributed by atoms with Gasteiger partial charge in [0.2, 0.25) is 0 Å². The van der Waals surface area contributed by atoms with Crippen molar-refractivity contribution in [1.82, 2.24) is 9.55 Å². The Balaban J connectivity index is 1.28. The van der Waals surface area contributed by atoms with Gasteiger partial charge >= 0.3 is 250 Å². The standard InChI is InChI=1S/C49H50Ge2N2O/c1-31(2)40-27-36(34-22-24-42-43(29-34)51(7,8)26-25-50(42,5)6)28-41(32(3)4)47(40)53-45-20-13-12-19-44(45)52-49(53)39-18-14-17-38-37-23-21-35(30-46(37)54-48(38)39)33-15-10-9-11-16-33/h9-24,27-32H,25-26H2,1-8H3. The molecule has 6 aromatic carbocycles. The second kappa shape index (κ2) is 13.2. The fraction of sp³-hybridized carbons (Fsp3) is 0.245. The van der Waals surface area contributed by atoms with Crippen molar-refractivity contribution in [3.63, 3.8) is 0 Å². The van der Waals surface area contributed by atoms with Crippen molar-refractivity contribution in [2.75, 3.05) is 0 Å². The third-order valence-corrected chi connectivity index (χ3v) is 29.7. The van der Waals surface area contributed by atoms with E-state index in [1.165, 1.54) is 44.0 Å². The van der Waals surface area contributed by atoms with Crippen LogP contribution in [-0.4, -0.2) is 36.1 Å². The summed E-state index contributed by atoms with van der Waals surface area (Å²) in [5.74, 6) is 12.0. The second-order valence-corrected chi connectivity index (χ2v) is 37.6. The molecule has 0 saturated heterocycles. The summed E-state index contributed by atoms with van der Waals surface area (Å²) in [5.41, 5.74) is 13.9. The molecule has 1 aliphatic rings. The Hall–Kier alpha value is -4.32. The predicted molar refractivity (Wildman–Crippen MR) is 237 cm³/mol. The zero-order valence-electron chi connectivity index (χ0n) is 32.9. The number of hydrogen-bond acceptors (Lipinski definition) is 2. The van der Waals surface area contributed by atoms with Crippen molar-refractivity contribution in [1.29, 1.82) is 0 Å². The number of nitrogens with zero attached hydrogens (tertiary/aromatic N) is 2. The summed E-state index contributed by atoms with van der Waals surface area (Å²) >= 11 is -4.07. The molecule has 8 aromatic rings. The summed E-state index contributed by atoms with van der Waals surface area (Å²) < 4.78 is 12.8. The van der Waals surface area contributed by atoms with Gasteiger partial charge in [-0.2, -0.15) is 0 Å². The first-order valence-electron chi connectivity index (χ1n) is 19.7. The Morgan fingerprint density at radius 2 is 1.22 bits per heavy atom. The van der Waals surface area contributed by atoms with E-state index < -0.39 is 26.5 Å². The molecule has 9 rings (SSSR count). The Morgan fingerprint density at radius 3 is 1.94 bits per heavy atom. The van der Waals surface area contributed by atoms with Gasteiger partial charge in [-0.3, -0.25) is 0 Å². The molecule has 0 amide bonds. The molecule has 3 nitrogen and oxygen atoms in total. The number of aromatic nitrogens is 2. The fourth-order valence-electron chi connectivity index (χ4n) is 8.97. The number of benzene rings is 6. The van der Waals surface area contributed by atoms with Crippen LogP contribution < -0.4 is 8.79 Å². The molecule has 1 aliphatic heterocycles. The molecule has 0 spiro atoms. The molecule has 2 aromatic heterocycles. The summed E-state index contributed by atoms with van der Waals surface area (Å²) in [6.07, 6.45) is 0. The summed E-state index contributed by atoms with van der Waals surface area (Å²) in [5, 5.41) is 5.19. The molecule has 270 valence electrons. The van der Waals surface area contributed by atoms with E-state index in [1.54, 1.807) is 8.79 Å². The summed E-state index contributed by atoms with van der Waals surface area (Å²) in [7, 11) is 0. The van der Waals surface area contributed by atoms with Crippen molar-refractivity contribution in [2.45, 2.75) is 73.1 Å². The molecule has 0 unspecified atom stereocenters. The number of furan rings is 1. The molecule has 0 radical (unpaired) electrons. The zero-order chi connectivity index (χ0) is 37.5. The molecule has 0 fully saturated rings. The van der Waals surface area contributed by atoms with Crippen LogP contribution >= 0.6 is 0 Å². The maximum absolute atomic E-state index is 6.85. The van der Waals surface area contributed by atoms with Gasteiger partial charge in [-0.05, 0) is 23.3 Å². The van der Waals surface area contributed by atoms with Gasteiger partial charge in [-0.15, -0.1) is 0 Å². The normalized spacial score (nSPS) is 15.1. The van der Waals surface area contributed by atoms with Gasteiger partial charge in [0.1, 0.15) is 5.58 Å². The third-order valence-electron chi connectivity index (χ3n) is 12.2. The minimum absolute atomic E-state index is 0.297. The van der Waals surface area contributed by atoms with Gasteiger partial charge in [0.15, 0.2) is 0 Å². The monoisotopic (exact) mass is 830 g/mol. The molecule has 0 bridgehead atoms. The molecule has 5 heteroatoms. The van der Waals surface area contributed by atoms with Crippen LogP contribution in [0.5, 0.6) is 0 Å². The quantitative estimate of drug-likeness (QED) is 0.156. The Kier molecular flexibility index (Phi) is 8.63. The first-order valence-corrected chi connectivity index (χ1v) is 33.2. The molecule has 3 heterocycles. The van der Waals surface area contributed by atoms with Crippen molar-refractivity contribution in [3.05, 3.63) is 132 Å². The van der Waals surface area contributed by atoms with Gasteiger partial charge in [-0.1, -0.05) is 42.5 Å². The summed E-state index contributed by atoms with van der Waals surface area (Å²) in [6.45, 7) is 9.38. The van der Waals surface area contributed by atoms with Crippen LogP contribution in [0.2, 0.25) is 33.5 Å². The molecule has 0 N–H and O–H groups in total. The molecule has 54 heavy (non-hydrogen) atoms. The topological polar surface area (TPSA) is 31.0 Å². The van der Waals surface area contributed by atoms with E-state index in [2.05, 4.69) is 177 Å². The fourth-order valence-corrected chi connectivity index (χ4v) is 39.4. The van der Waals surface area contributed by atoms with Gasteiger partial charge in [-0.25, -0.2) is 0 Å². The van der Waals surface area contributed by atoms with Gasteiger partial charge < -0.3 is 0 Å². The average Bonchev–Trinajstić information content (AvgIpc) is 3.74. The van der Waals surface area contributed by atoms with Gasteiger partial charge in [0.25, 0.3) is 0 Å². The van der Waals surface area contributed by atoms with E-state index in [0.29, 0.717) is 11.8 Å². The number of hydrogen-bond donors (Lipinski definition) is 0. The maximum atomic E-state index is 6.85. The van der Waals surface area contributed by atoms with Gasteiger partial charge in [0.05, 0.1) is 0 Å². The molecular weight excluding hydrogens is 778 g/mol. The Bertz CT molecular complexity index is 2700. The summed E-state index contributed by atoms with van der Waals surface area (Å²) in [4.78, 5) is 5.42. The van der Waals surface area contributed by atoms with Gasteiger partial charge in [0, 0.05) is 5.39 Å². The number of imidazole rings is 1. The molecular formula is C49H50Ge2N2O. The second-order valence-electron chi connectivity index (χ2n) is 17.5. The van der Waals surface area contributed by atoms with Crippen LogP contribution in [0.25, 0.3) is 72.3 Å². The van der Waals surface area contributed by atoms with Crippen molar-refractivity contribution < 1.29 is 4.42 Å². The van der Waals surface area contributed by atoms with E-state index in [-0.39, 0.29) is 0 Å². The molecule has 0 saturated carbocycles. The molecule has 0 aliphatic carbocycles. The van der Waals surface area contributed by atoms with E-state index in [9.17, 15) is 0 Å². The van der Waals surface area contributed by atoms with Crippen molar-refractivity contribution in [2.24, 2.45) is 0 Å². The predicted octanol–water partition coefficient (Wildman–Crippen LogP) is 13.0. The van der Waals surface area contributed by atoms with Crippen LogP contribution in [0.1, 0.15) is 50.7 Å². The average molecular weight is 828 g/mol. The Labute approximate surface area is 325 Å². The van der Waals surface area contributed by atoms with Crippen LogP contribution in [0, 0.1) is 0 Å². The SMILES string of the molecule is CC(C)c1cc(-c2cc[c]3[c](c2)[Ge]([CH3])([CH3])[CH2][CH2][Ge]3([CH3])[CH3])cc(C(C)C)c1-n1c(-c2cccc3c2oc2cc(-c4ccccc4)ccc23)nc2ccccc21. The first kappa shape index (κ1) is 35.4. The third kappa shape index (κ3) is 5.81. The van der Waals surface area contributed by atoms with Crippen molar-refractivity contribution in [3.8, 4) is 39.3 Å². The summed E-state index contributed by atoms with van der Waals surface area (Å²) in [6, 6.07) is 44.9.